The molecule has 0 saturated carbocycles. The Morgan fingerprint density at radius 1 is 1.03 bits per heavy atom. The first-order valence-electron chi connectivity index (χ1n) is 9.66. The largest absolute Gasteiger partial charge is 0.451 e. The van der Waals surface area contributed by atoms with E-state index in [1.54, 1.807) is 28.9 Å². The minimum atomic E-state index is -0.780. The van der Waals surface area contributed by atoms with E-state index in [2.05, 4.69) is 26.0 Å². The van der Waals surface area contributed by atoms with Crippen LogP contribution in [-0.2, 0) is 4.74 Å². The minimum Gasteiger partial charge on any atom is -0.451 e. The van der Waals surface area contributed by atoms with Crippen LogP contribution in [0.15, 0.2) is 77.3 Å². The van der Waals surface area contributed by atoms with Gasteiger partial charge in [-0.15, -0.1) is 5.10 Å². The number of aryl methyl sites for hydroxylation is 1. The zero-order valence-electron chi connectivity index (χ0n) is 17.0. The Labute approximate surface area is 197 Å². The average Bonchev–Trinajstić information content (AvgIpc) is 3.24. The molecule has 1 heterocycles. The lowest BCUT2D eigenvalue weighted by Gasteiger charge is -2.06. The molecule has 4 aromatic rings. The van der Waals surface area contributed by atoms with Gasteiger partial charge >= 0.3 is 5.97 Å². The molecular formula is C24H17BrClN3O3. The fraction of sp³-hybridized carbons (Fsp3) is 0.0833. The van der Waals surface area contributed by atoms with Crippen LogP contribution in [0, 0.1) is 6.92 Å². The SMILES string of the molecule is Cc1cccc(-n2nc(C(=O)OCC(=O)c3ccc(Cl)cc3)nc2-c2ccc(Br)cc2)c1. The van der Waals surface area contributed by atoms with Crippen molar-refractivity contribution in [2.75, 3.05) is 6.61 Å². The number of Topliss-reactive ketones (excluding diaryl/α,β-unsaturated/α-hetero) is 1. The van der Waals surface area contributed by atoms with Crippen molar-refractivity contribution in [1.29, 1.82) is 0 Å². The van der Waals surface area contributed by atoms with Gasteiger partial charge in [0.2, 0.25) is 0 Å². The van der Waals surface area contributed by atoms with Crippen LogP contribution in [0.4, 0.5) is 0 Å². The molecule has 4 rings (SSSR count). The summed E-state index contributed by atoms with van der Waals surface area (Å²) < 4.78 is 7.70. The molecule has 0 amide bonds. The maximum atomic E-state index is 12.6. The molecule has 1 aromatic heterocycles. The summed E-state index contributed by atoms with van der Waals surface area (Å²) >= 11 is 9.26. The summed E-state index contributed by atoms with van der Waals surface area (Å²) in [4.78, 5) is 29.4. The van der Waals surface area contributed by atoms with E-state index in [4.69, 9.17) is 16.3 Å². The highest BCUT2D eigenvalue weighted by atomic mass is 79.9. The van der Waals surface area contributed by atoms with Crippen LogP contribution in [0.1, 0.15) is 26.5 Å². The Bertz CT molecular complexity index is 1280. The Kier molecular flexibility index (Phi) is 6.48. The van der Waals surface area contributed by atoms with E-state index in [1.807, 2.05) is 55.5 Å². The molecule has 0 atom stereocenters. The molecule has 0 radical (unpaired) electrons. The quantitative estimate of drug-likeness (QED) is 0.246. The van der Waals surface area contributed by atoms with Gasteiger partial charge in [-0.2, -0.15) is 0 Å². The molecule has 3 aromatic carbocycles. The van der Waals surface area contributed by atoms with E-state index in [1.165, 1.54) is 0 Å². The van der Waals surface area contributed by atoms with Crippen molar-refractivity contribution in [3.63, 3.8) is 0 Å². The molecular weight excluding hydrogens is 494 g/mol. The van der Waals surface area contributed by atoms with Crippen LogP contribution in [-0.4, -0.2) is 33.1 Å². The summed E-state index contributed by atoms with van der Waals surface area (Å²) in [6.07, 6.45) is 0. The fourth-order valence-electron chi connectivity index (χ4n) is 3.04. The Morgan fingerprint density at radius 3 is 2.44 bits per heavy atom. The number of carbonyl (C=O) groups excluding carboxylic acids is 2. The second kappa shape index (κ2) is 9.46. The van der Waals surface area contributed by atoms with Crippen LogP contribution in [0.3, 0.4) is 0 Å². The van der Waals surface area contributed by atoms with Crippen molar-refractivity contribution in [2.24, 2.45) is 0 Å². The van der Waals surface area contributed by atoms with Gasteiger partial charge in [0.1, 0.15) is 0 Å². The Balaban J connectivity index is 1.61. The third kappa shape index (κ3) is 4.95. The van der Waals surface area contributed by atoms with E-state index in [0.29, 0.717) is 16.4 Å². The maximum absolute atomic E-state index is 12.6. The number of ketones is 1. The standard InChI is InChI=1S/C24H17BrClN3O3/c1-15-3-2-4-20(13-15)29-23(17-5-9-18(25)10-6-17)27-22(28-29)24(31)32-14-21(30)16-7-11-19(26)12-8-16/h2-13H,14H2,1H3. The number of rotatable bonds is 6. The first-order chi connectivity index (χ1) is 15.4. The van der Waals surface area contributed by atoms with Gasteiger partial charge < -0.3 is 4.74 Å². The molecule has 0 aliphatic heterocycles. The van der Waals surface area contributed by atoms with Crippen molar-refractivity contribution in [1.82, 2.24) is 14.8 Å². The van der Waals surface area contributed by atoms with Crippen LogP contribution in [0.5, 0.6) is 0 Å². The minimum absolute atomic E-state index is 0.131. The van der Waals surface area contributed by atoms with E-state index in [-0.39, 0.29) is 11.6 Å². The Hall–Kier alpha value is -3.29. The molecule has 0 aliphatic rings. The summed E-state index contributed by atoms with van der Waals surface area (Å²) in [7, 11) is 0. The average molecular weight is 511 g/mol. The van der Waals surface area contributed by atoms with Gasteiger partial charge in [0.15, 0.2) is 18.2 Å². The first-order valence-corrected chi connectivity index (χ1v) is 10.8. The van der Waals surface area contributed by atoms with Crippen molar-refractivity contribution in [3.8, 4) is 17.1 Å². The highest BCUT2D eigenvalue weighted by molar-refractivity contribution is 9.10. The van der Waals surface area contributed by atoms with Gasteiger partial charge in [-0.3, -0.25) is 4.79 Å². The van der Waals surface area contributed by atoms with E-state index in [9.17, 15) is 9.59 Å². The highest BCUT2D eigenvalue weighted by Crippen LogP contribution is 2.24. The Morgan fingerprint density at radius 2 is 1.75 bits per heavy atom. The van der Waals surface area contributed by atoms with Crippen LogP contribution in [0.2, 0.25) is 5.02 Å². The van der Waals surface area contributed by atoms with Crippen molar-refractivity contribution in [3.05, 3.63) is 99.2 Å². The second-order valence-corrected chi connectivity index (χ2v) is 8.38. The number of esters is 1. The van der Waals surface area contributed by atoms with Crippen molar-refractivity contribution in [2.45, 2.75) is 6.92 Å². The van der Waals surface area contributed by atoms with E-state index in [0.717, 1.165) is 21.3 Å². The molecule has 0 spiro atoms. The zero-order valence-corrected chi connectivity index (χ0v) is 19.3. The molecule has 6 nitrogen and oxygen atoms in total. The normalized spacial score (nSPS) is 10.7. The van der Waals surface area contributed by atoms with Gasteiger partial charge in [0, 0.05) is 20.6 Å². The fourth-order valence-corrected chi connectivity index (χ4v) is 3.43. The molecule has 0 fully saturated rings. The number of nitrogens with zero attached hydrogens (tertiary/aromatic N) is 3. The zero-order chi connectivity index (χ0) is 22.7. The smallest absolute Gasteiger partial charge is 0.378 e. The molecule has 0 unspecified atom stereocenters. The number of ether oxygens (including phenoxy) is 1. The second-order valence-electron chi connectivity index (χ2n) is 7.02. The molecule has 0 aliphatic carbocycles. The lowest BCUT2D eigenvalue weighted by molar-refractivity contribution is 0.0462. The molecule has 0 N–H and O–H groups in total. The van der Waals surface area contributed by atoms with Gasteiger partial charge in [0.25, 0.3) is 5.82 Å². The molecule has 8 heteroatoms. The van der Waals surface area contributed by atoms with E-state index >= 15 is 0 Å². The topological polar surface area (TPSA) is 74.1 Å². The summed E-state index contributed by atoms with van der Waals surface area (Å²) in [5.74, 6) is -0.772. The summed E-state index contributed by atoms with van der Waals surface area (Å²) in [6, 6.07) is 21.6. The van der Waals surface area contributed by atoms with Gasteiger partial charge in [-0.25, -0.2) is 14.5 Å². The van der Waals surface area contributed by atoms with Crippen LogP contribution >= 0.6 is 27.5 Å². The number of halogens is 2. The van der Waals surface area contributed by atoms with Crippen LogP contribution < -0.4 is 0 Å². The number of hydrogen-bond acceptors (Lipinski definition) is 5. The molecule has 0 saturated heterocycles. The van der Waals surface area contributed by atoms with Crippen molar-refractivity contribution < 1.29 is 14.3 Å². The molecule has 0 bridgehead atoms. The lowest BCUT2D eigenvalue weighted by atomic mass is 10.1. The number of hydrogen-bond donors (Lipinski definition) is 0. The summed E-state index contributed by atoms with van der Waals surface area (Å²) in [5.41, 5.74) is 2.97. The highest BCUT2D eigenvalue weighted by Gasteiger charge is 2.21. The molecule has 32 heavy (non-hydrogen) atoms. The predicted octanol–water partition coefficient (Wildman–Crippen LogP) is 5.70. The first kappa shape index (κ1) is 21.9. The summed E-state index contributed by atoms with van der Waals surface area (Å²) in [6.45, 7) is 1.55. The van der Waals surface area contributed by atoms with Crippen molar-refractivity contribution >= 4 is 39.3 Å². The monoisotopic (exact) mass is 509 g/mol. The number of carbonyl (C=O) groups is 2. The van der Waals surface area contributed by atoms with Gasteiger partial charge in [-0.05, 0) is 61.0 Å². The number of benzene rings is 3. The van der Waals surface area contributed by atoms with Gasteiger partial charge in [0.05, 0.1) is 5.69 Å². The third-order valence-electron chi connectivity index (χ3n) is 4.64. The maximum Gasteiger partial charge on any atom is 0.378 e. The number of aromatic nitrogens is 3. The van der Waals surface area contributed by atoms with Crippen LogP contribution in [0.25, 0.3) is 17.1 Å². The van der Waals surface area contributed by atoms with Gasteiger partial charge in [-0.1, -0.05) is 51.8 Å². The predicted molar refractivity (Wildman–Crippen MR) is 125 cm³/mol. The summed E-state index contributed by atoms with van der Waals surface area (Å²) in [5, 5.41) is 4.89. The van der Waals surface area contributed by atoms with E-state index < -0.39 is 12.6 Å². The molecule has 160 valence electrons. The third-order valence-corrected chi connectivity index (χ3v) is 5.42. The lowest BCUT2D eigenvalue weighted by Crippen LogP contribution is -2.15.